The first-order valence-electron chi connectivity index (χ1n) is 6.20. The summed E-state index contributed by atoms with van der Waals surface area (Å²) in [6, 6.07) is 7.54. The van der Waals surface area contributed by atoms with Crippen LogP contribution in [0.3, 0.4) is 0 Å². The number of esters is 1. The highest BCUT2D eigenvalue weighted by molar-refractivity contribution is 7.14. The van der Waals surface area contributed by atoms with Crippen molar-refractivity contribution in [2.24, 2.45) is 0 Å². The maximum Gasteiger partial charge on any atom is 0.337 e. The molecule has 0 saturated carbocycles. The number of benzene rings is 1. The van der Waals surface area contributed by atoms with Gasteiger partial charge in [0.05, 0.1) is 17.0 Å². The van der Waals surface area contributed by atoms with E-state index >= 15 is 0 Å². The van der Waals surface area contributed by atoms with Gasteiger partial charge in [0.2, 0.25) is 0 Å². The Labute approximate surface area is 127 Å². The molecule has 1 unspecified atom stereocenters. The number of aryl methyl sites for hydroxylation is 1. The first-order chi connectivity index (χ1) is 9.51. The fourth-order valence-corrected chi connectivity index (χ4v) is 2.87. The van der Waals surface area contributed by atoms with Crippen LogP contribution in [-0.4, -0.2) is 13.1 Å². The zero-order valence-corrected chi connectivity index (χ0v) is 13.1. The van der Waals surface area contributed by atoms with Crippen molar-refractivity contribution in [2.75, 3.05) is 12.4 Å². The Morgan fingerprint density at radius 1 is 1.40 bits per heavy atom. The number of rotatable bonds is 4. The summed E-state index contributed by atoms with van der Waals surface area (Å²) in [4.78, 5) is 11.6. The highest BCUT2D eigenvalue weighted by Crippen LogP contribution is 2.28. The van der Waals surface area contributed by atoms with E-state index in [9.17, 15) is 4.79 Å². The van der Waals surface area contributed by atoms with Crippen molar-refractivity contribution < 1.29 is 9.53 Å². The van der Waals surface area contributed by atoms with E-state index in [1.807, 2.05) is 30.5 Å². The van der Waals surface area contributed by atoms with Crippen molar-refractivity contribution in [1.29, 1.82) is 0 Å². The number of ether oxygens (including phenoxy) is 1. The van der Waals surface area contributed by atoms with Crippen LogP contribution in [0.25, 0.3) is 0 Å². The van der Waals surface area contributed by atoms with Crippen molar-refractivity contribution in [3.8, 4) is 0 Å². The molecular formula is C15H16ClNO2S. The number of hydrogen-bond donors (Lipinski definition) is 1. The molecular weight excluding hydrogens is 294 g/mol. The standard InChI is InChI=1S/C15H16ClNO2S/c1-9-4-5-11(15(18)19-3)6-13(9)17-10(2)12-7-14(16)20-8-12/h4-8,10,17H,1-3H3. The molecule has 0 spiro atoms. The van der Waals surface area contributed by atoms with Gasteiger partial charge in [-0.2, -0.15) is 0 Å². The summed E-state index contributed by atoms with van der Waals surface area (Å²) >= 11 is 7.46. The van der Waals surface area contributed by atoms with E-state index in [-0.39, 0.29) is 12.0 Å². The van der Waals surface area contributed by atoms with Crippen molar-refractivity contribution in [3.63, 3.8) is 0 Å². The van der Waals surface area contributed by atoms with Crippen LogP contribution in [0, 0.1) is 6.92 Å². The van der Waals surface area contributed by atoms with Crippen molar-refractivity contribution in [3.05, 3.63) is 50.7 Å². The molecule has 1 heterocycles. The minimum atomic E-state index is -0.334. The van der Waals surface area contributed by atoms with Crippen molar-refractivity contribution >= 4 is 34.6 Å². The molecule has 1 aromatic carbocycles. The Balaban J connectivity index is 2.22. The van der Waals surface area contributed by atoms with Gasteiger partial charge in [0.25, 0.3) is 0 Å². The molecule has 106 valence electrons. The molecule has 0 amide bonds. The molecule has 0 aliphatic heterocycles. The number of thiophene rings is 1. The Hall–Kier alpha value is -1.52. The molecule has 0 bridgehead atoms. The molecule has 0 saturated heterocycles. The minimum absolute atomic E-state index is 0.116. The van der Waals surface area contributed by atoms with E-state index in [1.165, 1.54) is 18.4 Å². The third-order valence-electron chi connectivity index (χ3n) is 3.12. The van der Waals surface area contributed by atoms with Crippen LogP contribution in [0.2, 0.25) is 4.34 Å². The van der Waals surface area contributed by atoms with E-state index in [1.54, 1.807) is 6.07 Å². The molecule has 5 heteroatoms. The molecule has 0 aliphatic rings. The number of nitrogens with one attached hydrogen (secondary N) is 1. The van der Waals surface area contributed by atoms with Crippen LogP contribution in [-0.2, 0) is 4.74 Å². The summed E-state index contributed by atoms with van der Waals surface area (Å²) < 4.78 is 5.51. The van der Waals surface area contributed by atoms with Crippen molar-refractivity contribution in [1.82, 2.24) is 0 Å². The van der Waals surface area contributed by atoms with E-state index in [0.29, 0.717) is 5.56 Å². The lowest BCUT2D eigenvalue weighted by atomic mass is 10.1. The summed E-state index contributed by atoms with van der Waals surface area (Å²) in [5, 5.41) is 5.43. The van der Waals surface area contributed by atoms with E-state index in [2.05, 4.69) is 12.2 Å². The van der Waals surface area contributed by atoms with Crippen molar-refractivity contribution in [2.45, 2.75) is 19.9 Å². The van der Waals surface area contributed by atoms with E-state index < -0.39 is 0 Å². The number of halogens is 1. The Morgan fingerprint density at radius 3 is 2.75 bits per heavy atom. The Kier molecular flexibility index (Phi) is 4.68. The largest absolute Gasteiger partial charge is 0.465 e. The average Bonchev–Trinajstić information content (AvgIpc) is 2.87. The molecule has 0 aliphatic carbocycles. The third kappa shape index (κ3) is 3.32. The smallest absolute Gasteiger partial charge is 0.337 e. The van der Waals surface area contributed by atoms with Crippen LogP contribution in [0.15, 0.2) is 29.6 Å². The fraction of sp³-hybridized carbons (Fsp3) is 0.267. The molecule has 1 aromatic heterocycles. The molecule has 2 rings (SSSR count). The van der Waals surface area contributed by atoms with Gasteiger partial charge in [0, 0.05) is 11.7 Å². The van der Waals surface area contributed by atoms with Crippen LogP contribution in [0.5, 0.6) is 0 Å². The predicted molar refractivity (Wildman–Crippen MR) is 83.9 cm³/mol. The maximum absolute atomic E-state index is 11.6. The minimum Gasteiger partial charge on any atom is -0.465 e. The molecule has 1 N–H and O–H groups in total. The summed E-state index contributed by atoms with van der Waals surface area (Å²) in [6.45, 7) is 4.05. The lowest BCUT2D eigenvalue weighted by Gasteiger charge is -2.17. The number of carbonyl (C=O) groups excluding carboxylic acids is 1. The zero-order chi connectivity index (χ0) is 14.7. The lowest BCUT2D eigenvalue weighted by molar-refractivity contribution is 0.0601. The van der Waals surface area contributed by atoms with Gasteiger partial charge in [-0.05, 0) is 48.6 Å². The second kappa shape index (κ2) is 6.29. The summed E-state index contributed by atoms with van der Waals surface area (Å²) in [7, 11) is 1.38. The summed E-state index contributed by atoms with van der Waals surface area (Å²) in [5.74, 6) is -0.334. The van der Waals surface area contributed by atoms with Gasteiger partial charge in [0.15, 0.2) is 0 Å². The number of carbonyl (C=O) groups is 1. The highest BCUT2D eigenvalue weighted by atomic mass is 35.5. The number of anilines is 1. The molecule has 20 heavy (non-hydrogen) atoms. The van der Waals surface area contributed by atoms with Gasteiger partial charge in [-0.3, -0.25) is 0 Å². The molecule has 1 atom stereocenters. The lowest BCUT2D eigenvalue weighted by Crippen LogP contribution is -2.08. The second-order valence-corrected chi connectivity index (χ2v) is 6.11. The highest BCUT2D eigenvalue weighted by Gasteiger charge is 2.12. The maximum atomic E-state index is 11.6. The predicted octanol–water partition coefficient (Wildman–Crippen LogP) is 4.67. The molecule has 3 nitrogen and oxygen atoms in total. The van der Waals surface area contributed by atoms with Gasteiger partial charge in [-0.15, -0.1) is 11.3 Å². The van der Waals surface area contributed by atoms with Crippen LogP contribution >= 0.6 is 22.9 Å². The Morgan fingerprint density at radius 2 is 2.15 bits per heavy atom. The fourth-order valence-electron chi connectivity index (χ4n) is 1.89. The number of hydrogen-bond acceptors (Lipinski definition) is 4. The van der Waals surface area contributed by atoms with E-state index in [0.717, 1.165) is 21.2 Å². The Bertz CT molecular complexity index is 624. The van der Waals surface area contributed by atoms with Crippen LogP contribution < -0.4 is 5.32 Å². The van der Waals surface area contributed by atoms with Gasteiger partial charge >= 0.3 is 5.97 Å². The van der Waals surface area contributed by atoms with Crippen LogP contribution in [0.1, 0.15) is 34.5 Å². The molecule has 0 radical (unpaired) electrons. The van der Waals surface area contributed by atoms with Gasteiger partial charge < -0.3 is 10.1 Å². The van der Waals surface area contributed by atoms with Crippen LogP contribution in [0.4, 0.5) is 5.69 Å². The SMILES string of the molecule is COC(=O)c1ccc(C)c(NC(C)c2csc(Cl)c2)c1. The summed E-state index contributed by atoms with van der Waals surface area (Å²) in [6.07, 6.45) is 0. The molecule has 0 fully saturated rings. The summed E-state index contributed by atoms with van der Waals surface area (Å²) in [5.41, 5.74) is 3.66. The van der Waals surface area contributed by atoms with Gasteiger partial charge in [-0.1, -0.05) is 17.7 Å². The normalized spacial score (nSPS) is 12.0. The van der Waals surface area contributed by atoms with E-state index in [4.69, 9.17) is 16.3 Å². The third-order valence-corrected chi connectivity index (χ3v) is 4.23. The quantitative estimate of drug-likeness (QED) is 0.834. The first kappa shape index (κ1) is 14.9. The van der Waals surface area contributed by atoms with Gasteiger partial charge in [-0.25, -0.2) is 4.79 Å². The molecule has 2 aromatic rings. The first-order valence-corrected chi connectivity index (χ1v) is 7.46. The van der Waals surface area contributed by atoms with Gasteiger partial charge in [0.1, 0.15) is 0 Å². The zero-order valence-electron chi connectivity index (χ0n) is 11.6. The second-order valence-electron chi connectivity index (χ2n) is 4.57. The topological polar surface area (TPSA) is 38.3 Å². The average molecular weight is 310 g/mol. The number of methoxy groups -OCH3 is 1. The monoisotopic (exact) mass is 309 g/mol.